The molecular formula is C16H28N2O6S. The molecule has 8 nitrogen and oxygen atoms in total. The number of nitrogens with two attached hydrogens (primary N) is 1. The van der Waals surface area contributed by atoms with E-state index in [0.29, 0.717) is 19.4 Å². The number of unbranched alkanes of at least 4 members (excludes halogenated alkanes) is 1. The highest BCUT2D eigenvalue weighted by Crippen LogP contribution is 2.14. The SMILES string of the molecule is CC(C)(C)OC(=O)C[C@H](NC(=O)CCCCN)C(=O)SCCC(=O)O. The zero-order valence-electron chi connectivity index (χ0n) is 15.0. The van der Waals surface area contributed by atoms with Crippen molar-refractivity contribution < 1.29 is 29.0 Å². The molecule has 0 bridgehead atoms. The molecule has 0 aromatic rings. The van der Waals surface area contributed by atoms with Crippen molar-refractivity contribution in [1.82, 2.24) is 5.32 Å². The van der Waals surface area contributed by atoms with Crippen molar-refractivity contribution in [3.05, 3.63) is 0 Å². The predicted octanol–water partition coefficient (Wildman–Crippen LogP) is 1.07. The van der Waals surface area contributed by atoms with Crippen LogP contribution in [0.1, 0.15) is 52.9 Å². The van der Waals surface area contributed by atoms with Gasteiger partial charge < -0.3 is 20.9 Å². The van der Waals surface area contributed by atoms with Gasteiger partial charge in [-0.15, -0.1) is 0 Å². The van der Waals surface area contributed by atoms with Crippen LogP contribution in [-0.2, 0) is 23.9 Å². The molecule has 0 aromatic carbocycles. The van der Waals surface area contributed by atoms with Gasteiger partial charge in [-0.25, -0.2) is 0 Å². The van der Waals surface area contributed by atoms with Crippen molar-refractivity contribution in [3.8, 4) is 0 Å². The Labute approximate surface area is 152 Å². The number of carboxylic acid groups (broad SMARTS) is 1. The third-order valence-corrected chi connectivity index (χ3v) is 3.81. The molecule has 0 saturated heterocycles. The number of aliphatic carboxylic acids is 1. The lowest BCUT2D eigenvalue weighted by molar-refractivity contribution is -0.156. The second-order valence-corrected chi connectivity index (χ2v) is 7.57. The molecule has 0 aromatic heterocycles. The molecule has 144 valence electrons. The van der Waals surface area contributed by atoms with Crippen molar-refractivity contribution in [3.63, 3.8) is 0 Å². The molecule has 0 aliphatic carbocycles. The largest absolute Gasteiger partial charge is 0.481 e. The maximum atomic E-state index is 12.2. The van der Waals surface area contributed by atoms with Crippen LogP contribution in [-0.4, -0.2) is 52.0 Å². The summed E-state index contributed by atoms with van der Waals surface area (Å²) in [5.74, 6) is -1.90. The van der Waals surface area contributed by atoms with E-state index in [-0.39, 0.29) is 30.9 Å². The van der Waals surface area contributed by atoms with Gasteiger partial charge in [0.25, 0.3) is 0 Å². The Morgan fingerprint density at radius 2 is 1.80 bits per heavy atom. The quantitative estimate of drug-likeness (QED) is 0.360. The highest BCUT2D eigenvalue weighted by atomic mass is 32.2. The van der Waals surface area contributed by atoms with Crippen molar-refractivity contribution in [2.75, 3.05) is 12.3 Å². The third-order valence-electron chi connectivity index (χ3n) is 2.83. The topological polar surface area (TPSA) is 136 Å². The number of rotatable bonds is 11. The first kappa shape index (κ1) is 23.4. The van der Waals surface area contributed by atoms with Crippen molar-refractivity contribution in [2.45, 2.75) is 64.5 Å². The number of hydrogen-bond donors (Lipinski definition) is 3. The lowest BCUT2D eigenvalue weighted by atomic mass is 10.1. The highest BCUT2D eigenvalue weighted by molar-refractivity contribution is 8.13. The van der Waals surface area contributed by atoms with Crippen LogP contribution in [0.15, 0.2) is 0 Å². The molecule has 0 radical (unpaired) electrons. The van der Waals surface area contributed by atoms with E-state index in [1.165, 1.54) is 0 Å². The predicted molar refractivity (Wildman–Crippen MR) is 95.0 cm³/mol. The lowest BCUT2D eigenvalue weighted by Gasteiger charge is -2.22. The molecular weight excluding hydrogens is 348 g/mol. The van der Waals surface area contributed by atoms with E-state index in [1.807, 2.05) is 0 Å². The van der Waals surface area contributed by atoms with E-state index in [1.54, 1.807) is 20.8 Å². The second kappa shape index (κ2) is 11.9. The molecule has 9 heteroatoms. The number of esters is 1. The second-order valence-electron chi connectivity index (χ2n) is 6.47. The van der Waals surface area contributed by atoms with Gasteiger partial charge in [0.2, 0.25) is 11.0 Å². The Morgan fingerprint density at radius 3 is 2.32 bits per heavy atom. The van der Waals surface area contributed by atoms with Crippen LogP contribution in [0.5, 0.6) is 0 Å². The van der Waals surface area contributed by atoms with Crippen LogP contribution in [0.2, 0.25) is 0 Å². The number of amides is 1. The molecule has 0 saturated carbocycles. The molecule has 1 amide bonds. The average Bonchev–Trinajstić information content (AvgIpc) is 2.44. The number of carboxylic acids is 1. The lowest BCUT2D eigenvalue weighted by Crippen LogP contribution is -2.42. The third kappa shape index (κ3) is 13.4. The minimum Gasteiger partial charge on any atom is -0.481 e. The number of ether oxygens (including phenoxy) is 1. The van der Waals surface area contributed by atoms with E-state index < -0.39 is 28.7 Å². The summed E-state index contributed by atoms with van der Waals surface area (Å²) in [4.78, 5) is 46.6. The minimum absolute atomic E-state index is 0.0715. The van der Waals surface area contributed by atoms with E-state index in [9.17, 15) is 19.2 Å². The first-order valence-electron chi connectivity index (χ1n) is 8.15. The van der Waals surface area contributed by atoms with Gasteiger partial charge in [0, 0.05) is 12.2 Å². The van der Waals surface area contributed by atoms with E-state index in [0.717, 1.165) is 11.8 Å². The van der Waals surface area contributed by atoms with Crippen LogP contribution < -0.4 is 11.1 Å². The Kier molecular flexibility index (Phi) is 11.1. The Bertz CT molecular complexity index is 476. The molecule has 0 heterocycles. The van der Waals surface area contributed by atoms with Gasteiger partial charge in [-0.05, 0) is 40.2 Å². The van der Waals surface area contributed by atoms with Gasteiger partial charge in [-0.1, -0.05) is 11.8 Å². The van der Waals surface area contributed by atoms with Crippen molar-refractivity contribution >= 4 is 34.7 Å². The summed E-state index contributed by atoms with van der Waals surface area (Å²) in [6, 6.07) is -1.04. The zero-order chi connectivity index (χ0) is 19.5. The normalized spacial score (nSPS) is 12.3. The Hall–Kier alpha value is -1.61. The smallest absolute Gasteiger partial charge is 0.308 e. The summed E-state index contributed by atoms with van der Waals surface area (Å²) in [5, 5.41) is 10.7. The van der Waals surface area contributed by atoms with Crippen molar-refractivity contribution in [2.24, 2.45) is 5.73 Å². The molecule has 0 spiro atoms. The number of carbonyl (C=O) groups is 4. The maximum Gasteiger partial charge on any atom is 0.308 e. The van der Waals surface area contributed by atoms with Crippen LogP contribution >= 0.6 is 11.8 Å². The van der Waals surface area contributed by atoms with Gasteiger partial charge in [0.1, 0.15) is 11.6 Å². The fourth-order valence-corrected chi connectivity index (χ4v) is 2.60. The summed E-state index contributed by atoms with van der Waals surface area (Å²) in [6.45, 7) is 5.58. The molecule has 1 atom stereocenters. The molecule has 25 heavy (non-hydrogen) atoms. The van der Waals surface area contributed by atoms with Crippen LogP contribution in [0, 0.1) is 0 Å². The number of thioether (sulfide) groups is 1. The van der Waals surface area contributed by atoms with Gasteiger partial charge in [-0.3, -0.25) is 19.2 Å². The number of carbonyl (C=O) groups excluding carboxylic acids is 3. The van der Waals surface area contributed by atoms with E-state index >= 15 is 0 Å². The molecule has 0 unspecified atom stereocenters. The molecule has 4 N–H and O–H groups in total. The summed E-state index contributed by atoms with van der Waals surface area (Å²) < 4.78 is 5.18. The van der Waals surface area contributed by atoms with E-state index in [4.69, 9.17) is 15.6 Å². The van der Waals surface area contributed by atoms with Crippen molar-refractivity contribution in [1.29, 1.82) is 0 Å². The van der Waals surface area contributed by atoms with Gasteiger partial charge in [-0.2, -0.15) is 0 Å². The summed E-state index contributed by atoms with van der Waals surface area (Å²) >= 11 is 0.781. The first-order chi connectivity index (χ1) is 11.5. The van der Waals surface area contributed by atoms with Crippen LogP contribution in [0.4, 0.5) is 0 Å². The fourth-order valence-electron chi connectivity index (χ4n) is 1.78. The standard InChI is InChI=1S/C16H28N2O6S/c1-16(2,3)24-14(22)10-11(15(23)25-9-7-13(20)21)18-12(19)6-4-5-8-17/h11H,4-10,17H2,1-3H3,(H,18,19)(H,20,21)/t11-/m0/s1. The van der Waals surface area contributed by atoms with Gasteiger partial charge >= 0.3 is 11.9 Å². The Balaban J connectivity index is 4.73. The summed E-state index contributed by atoms with van der Waals surface area (Å²) in [5.41, 5.74) is 4.67. The molecule has 0 aliphatic rings. The first-order valence-corrected chi connectivity index (χ1v) is 9.13. The maximum absolute atomic E-state index is 12.2. The van der Waals surface area contributed by atoms with Crippen LogP contribution in [0.25, 0.3) is 0 Å². The minimum atomic E-state index is -1.04. The van der Waals surface area contributed by atoms with E-state index in [2.05, 4.69) is 5.32 Å². The van der Waals surface area contributed by atoms with Crippen LogP contribution in [0.3, 0.4) is 0 Å². The van der Waals surface area contributed by atoms with Gasteiger partial charge in [0.05, 0.1) is 12.8 Å². The number of nitrogens with one attached hydrogen (secondary N) is 1. The molecule has 0 rings (SSSR count). The average molecular weight is 376 g/mol. The zero-order valence-corrected chi connectivity index (χ0v) is 15.8. The molecule has 0 fully saturated rings. The number of hydrogen-bond acceptors (Lipinski definition) is 7. The summed E-state index contributed by atoms with van der Waals surface area (Å²) in [6.07, 6.45) is 1.00. The highest BCUT2D eigenvalue weighted by Gasteiger charge is 2.27. The monoisotopic (exact) mass is 376 g/mol. The Morgan fingerprint density at radius 1 is 1.16 bits per heavy atom. The molecule has 0 aliphatic heterocycles. The van der Waals surface area contributed by atoms with Gasteiger partial charge in [0.15, 0.2) is 0 Å². The summed E-state index contributed by atoms with van der Waals surface area (Å²) in [7, 11) is 0. The fraction of sp³-hybridized carbons (Fsp3) is 0.750.